The number of rotatable bonds is 11. The number of nitrogens with zero attached hydrogens (tertiary/aromatic N) is 1. The van der Waals surface area contributed by atoms with Gasteiger partial charge in [-0.2, -0.15) is 11.3 Å². The van der Waals surface area contributed by atoms with Crippen LogP contribution in [0.15, 0.2) is 51.6 Å². The van der Waals surface area contributed by atoms with Crippen LogP contribution < -0.4 is 0 Å². The summed E-state index contributed by atoms with van der Waals surface area (Å²) < 4.78 is 16.8. The van der Waals surface area contributed by atoms with Crippen molar-refractivity contribution in [1.82, 2.24) is 4.90 Å². The fourth-order valence-corrected chi connectivity index (χ4v) is 3.06. The molecule has 164 valence electrons. The third-order valence-electron chi connectivity index (χ3n) is 4.30. The summed E-state index contributed by atoms with van der Waals surface area (Å²) >= 11 is 1.69. The van der Waals surface area contributed by atoms with E-state index < -0.39 is 5.60 Å². The van der Waals surface area contributed by atoms with Gasteiger partial charge in [0.2, 0.25) is 0 Å². The molecular formula is C24H32ClNO3S. The molecule has 4 nitrogen and oxygen atoms in total. The number of ether oxygens (including phenoxy) is 2. The van der Waals surface area contributed by atoms with Crippen molar-refractivity contribution >= 4 is 29.8 Å². The average molecular weight is 450 g/mol. The Balaban J connectivity index is 0.00000450. The van der Waals surface area contributed by atoms with Crippen LogP contribution in [-0.2, 0) is 22.6 Å². The molecule has 0 aliphatic heterocycles. The van der Waals surface area contributed by atoms with Crippen LogP contribution in [0.2, 0.25) is 0 Å². The summed E-state index contributed by atoms with van der Waals surface area (Å²) in [6.07, 6.45) is 7.89. The van der Waals surface area contributed by atoms with E-state index in [0.717, 1.165) is 31.2 Å². The van der Waals surface area contributed by atoms with Crippen LogP contribution in [0.1, 0.15) is 37.9 Å². The summed E-state index contributed by atoms with van der Waals surface area (Å²) in [5, 5.41) is 4.16. The maximum atomic E-state index is 5.90. The minimum Gasteiger partial charge on any atom is -0.460 e. The number of hydrogen-bond donors (Lipinski definition) is 0. The van der Waals surface area contributed by atoms with Crippen LogP contribution in [0, 0.1) is 11.8 Å². The molecule has 6 heteroatoms. The molecule has 0 bridgehead atoms. The van der Waals surface area contributed by atoms with Crippen LogP contribution >= 0.6 is 23.7 Å². The van der Waals surface area contributed by atoms with E-state index in [9.17, 15) is 0 Å². The number of furan rings is 1. The fraction of sp³-hybridized carbons (Fsp3) is 0.417. The third-order valence-corrected chi connectivity index (χ3v) is 5.03. The van der Waals surface area contributed by atoms with Crippen LogP contribution in [0.5, 0.6) is 0 Å². The zero-order valence-electron chi connectivity index (χ0n) is 18.2. The molecule has 0 saturated carbocycles. The molecule has 0 atom stereocenters. The molecule has 0 aliphatic carbocycles. The molecule has 0 saturated heterocycles. The lowest BCUT2D eigenvalue weighted by molar-refractivity contribution is 0.0742. The van der Waals surface area contributed by atoms with Gasteiger partial charge in [0, 0.05) is 13.7 Å². The normalized spacial score (nSPS) is 11.8. The number of halogens is 1. The SMILES string of the molecule is CCN(C/C=C/C#CC(C)(C)OC)Cc1ccc(/C=C/COCc2ccsc2)o1.Cl. The Morgan fingerprint density at radius 2 is 2.07 bits per heavy atom. The minimum atomic E-state index is -0.415. The Labute approximate surface area is 191 Å². The molecule has 2 aromatic heterocycles. The van der Waals surface area contributed by atoms with Gasteiger partial charge in [-0.1, -0.05) is 30.9 Å². The predicted octanol–water partition coefficient (Wildman–Crippen LogP) is 5.80. The largest absolute Gasteiger partial charge is 0.460 e. The number of likely N-dealkylation sites (N-methyl/N-ethyl adjacent to an activating group) is 1. The standard InChI is InChI=1S/C24H31NO3S.ClH/c1-5-25(15-8-6-7-14-24(2,3)26-4)18-23-12-11-22(28-23)10-9-16-27-19-21-13-17-29-20-21;/h6,8-13,17,20H,5,15-16,18-19H2,1-4H3;1H/b8-6+,10-9+;. The van der Waals surface area contributed by atoms with Crippen molar-refractivity contribution in [2.45, 2.75) is 39.5 Å². The van der Waals surface area contributed by atoms with Crippen molar-refractivity contribution in [3.63, 3.8) is 0 Å². The maximum Gasteiger partial charge on any atom is 0.126 e. The second kappa shape index (κ2) is 14.2. The summed E-state index contributed by atoms with van der Waals surface area (Å²) in [5.74, 6) is 7.91. The van der Waals surface area contributed by atoms with Gasteiger partial charge in [0.15, 0.2) is 0 Å². The second-order valence-corrected chi connectivity index (χ2v) is 7.85. The van der Waals surface area contributed by atoms with Gasteiger partial charge in [0.25, 0.3) is 0 Å². The van der Waals surface area contributed by atoms with Gasteiger partial charge in [-0.15, -0.1) is 12.4 Å². The minimum absolute atomic E-state index is 0. The molecule has 0 aliphatic rings. The van der Waals surface area contributed by atoms with Crippen molar-refractivity contribution in [1.29, 1.82) is 0 Å². The summed E-state index contributed by atoms with van der Waals surface area (Å²) in [7, 11) is 1.67. The van der Waals surface area contributed by atoms with Crippen molar-refractivity contribution in [2.75, 3.05) is 26.8 Å². The molecule has 0 N–H and O–H groups in total. The highest BCUT2D eigenvalue weighted by molar-refractivity contribution is 7.07. The van der Waals surface area contributed by atoms with Gasteiger partial charge < -0.3 is 13.9 Å². The molecule has 0 amide bonds. The lowest BCUT2D eigenvalue weighted by Crippen LogP contribution is -2.22. The highest BCUT2D eigenvalue weighted by Gasteiger charge is 2.10. The Morgan fingerprint density at radius 3 is 2.77 bits per heavy atom. The Morgan fingerprint density at radius 1 is 1.23 bits per heavy atom. The van der Waals surface area contributed by atoms with Crippen molar-refractivity contribution in [2.24, 2.45) is 0 Å². The molecular weight excluding hydrogens is 418 g/mol. The van der Waals surface area contributed by atoms with Crippen LogP contribution in [0.4, 0.5) is 0 Å². The lowest BCUT2D eigenvalue weighted by atomic mass is 10.1. The topological polar surface area (TPSA) is 34.8 Å². The Bertz CT molecular complexity index is 828. The van der Waals surface area contributed by atoms with E-state index in [2.05, 4.69) is 46.6 Å². The average Bonchev–Trinajstić information content (AvgIpc) is 3.38. The van der Waals surface area contributed by atoms with E-state index in [-0.39, 0.29) is 12.4 Å². The number of allylic oxidation sites excluding steroid dienone is 1. The summed E-state index contributed by atoms with van der Waals surface area (Å²) in [6.45, 7) is 9.77. The zero-order valence-corrected chi connectivity index (χ0v) is 19.9. The second-order valence-electron chi connectivity index (χ2n) is 7.07. The zero-order chi connectivity index (χ0) is 21.0. The molecule has 0 fully saturated rings. The molecule has 0 spiro atoms. The molecule has 2 rings (SSSR count). The first-order valence-corrected chi connectivity index (χ1v) is 10.8. The molecule has 0 unspecified atom stereocenters. The van der Waals surface area contributed by atoms with Gasteiger partial charge in [-0.3, -0.25) is 4.90 Å². The van der Waals surface area contributed by atoms with E-state index in [0.29, 0.717) is 13.2 Å². The summed E-state index contributed by atoms with van der Waals surface area (Å²) in [4.78, 5) is 2.29. The van der Waals surface area contributed by atoms with Gasteiger partial charge in [0.05, 0.1) is 19.8 Å². The van der Waals surface area contributed by atoms with Crippen LogP contribution in [-0.4, -0.2) is 37.3 Å². The van der Waals surface area contributed by atoms with Crippen molar-refractivity contribution < 1.29 is 13.9 Å². The summed E-state index contributed by atoms with van der Waals surface area (Å²) in [6, 6.07) is 6.10. The van der Waals surface area contributed by atoms with Gasteiger partial charge in [-0.05, 0) is 67.1 Å². The fourth-order valence-electron chi connectivity index (χ4n) is 2.41. The van der Waals surface area contributed by atoms with Crippen LogP contribution in [0.25, 0.3) is 6.08 Å². The molecule has 30 heavy (non-hydrogen) atoms. The molecule has 0 aromatic carbocycles. The monoisotopic (exact) mass is 449 g/mol. The van der Waals surface area contributed by atoms with Crippen LogP contribution in [0.3, 0.4) is 0 Å². The first kappa shape index (κ1) is 26.2. The van der Waals surface area contributed by atoms with E-state index in [1.165, 1.54) is 5.56 Å². The first-order chi connectivity index (χ1) is 14.0. The number of hydrogen-bond acceptors (Lipinski definition) is 5. The number of methoxy groups -OCH3 is 1. The van der Waals surface area contributed by atoms with E-state index >= 15 is 0 Å². The van der Waals surface area contributed by atoms with E-state index in [1.807, 2.05) is 44.2 Å². The maximum absolute atomic E-state index is 5.90. The predicted molar refractivity (Wildman–Crippen MR) is 128 cm³/mol. The smallest absolute Gasteiger partial charge is 0.126 e. The first-order valence-electron chi connectivity index (χ1n) is 9.81. The molecule has 2 heterocycles. The van der Waals surface area contributed by atoms with Gasteiger partial charge in [-0.25, -0.2) is 0 Å². The number of thiophene rings is 1. The molecule has 2 aromatic rings. The quantitative estimate of drug-likeness (QED) is 0.321. The highest BCUT2D eigenvalue weighted by Crippen LogP contribution is 2.13. The summed E-state index contributed by atoms with van der Waals surface area (Å²) in [5.41, 5.74) is 0.799. The van der Waals surface area contributed by atoms with Gasteiger partial charge in [0.1, 0.15) is 17.1 Å². The molecule has 0 radical (unpaired) electrons. The Hall–Kier alpha value is -1.81. The Kier molecular flexibility index (Phi) is 12.4. The van der Waals surface area contributed by atoms with E-state index in [4.69, 9.17) is 13.9 Å². The third kappa shape index (κ3) is 10.3. The lowest BCUT2D eigenvalue weighted by Gasteiger charge is -2.16. The highest BCUT2D eigenvalue weighted by atomic mass is 35.5. The van der Waals surface area contributed by atoms with Gasteiger partial charge >= 0.3 is 0 Å². The van der Waals surface area contributed by atoms with Crippen molar-refractivity contribution in [3.8, 4) is 11.8 Å². The van der Waals surface area contributed by atoms with Crippen molar-refractivity contribution in [3.05, 3.63) is 64.3 Å². The van der Waals surface area contributed by atoms with E-state index in [1.54, 1.807) is 18.4 Å².